The van der Waals surface area contributed by atoms with E-state index in [2.05, 4.69) is 87.6 Å². The van der Waals surface area contributed by atoms with Crippen LogP contribution < -0.4 is 5.32 Å². The minimum Gasteiger partial charge on any atom is -0.518 e. The minimum atomic E-state index is -2.43. The van der Waals surface area contributed by atoms with Gasteiger partial charge in [-0.15, -0.1) is 0 Å². The monoisotopic (exact) mass is 625 g/mol. The van der Waals surface area contributed by atoms with Crippen molar-refractivity contribution < 1.29 is 28.0 Å². The molecular formula is C33H63NO6Si2. The van der Waals surface area contributed by atoms with Gasteiger partial charge in [-0.2, -0.15) is 0 Å². The average Bonchev–Trinajstić information content (AvgIpc) is 2.85. The molecule has 1 rings (SSSR count). The first kappa shape index (κ1) is 38.7. The smallest absolute Gasteiger partial charge is 0.298 e. The fourth-order valence-corrected chi connectivity index (χ4v) is 12.7. The van der Waals surface area contributed by atoms with Crippen LogP contribution in [0.25, 0.3) is 0 Å². The summed E-state index contributed by atoms with van der Waals surface area (Å²) in [7, 11) is -4.69. The van der Waals surface area contributed by atoms with Crippen molar-refractivity contribution in [2.45, 2.75) is 162 Å². The van der Waals surface area contributed by atoms with Gasteiger partial charge in [0.1, 0.15) is 0 Å². The first-order valence-electron chi connectivity index (χ1n) is 16.2. The summed E-state index contributed by atoms with van der Waals surface area (Å²) >= 11 is 0. The number of carbonyl (C=O) groups is 3. The Morgan fingerprint density at radius 2 is 1.50 bits per heavy atom. The number of carbonyl (C=O) groups excluding carboxylic acids is 3. The number of ether oxygens (including phenoxy) is 1. The normalized spacial score (nSPS) is 22.1. The third-order valence-corrected chi connectivity index (χ3v) is 20.3. The molecule has 0 aromatic heterocycles. The highest BCUT2D eigenvalue weighted by Crippen LogP contribution is 2.43. The number of hydrogen-bond donors (Lipinski definition) is 1. The third kappa shape index (κ3) is 10.4. The molecular weight excluding hydrogens is 563 g/mol. The van der Waals surface area contributed by atoms with Gasteiger partial charge in [0.05, 0.1) is 30.7 Å². The van der Waals surface area contributed by atoms with E-state index >= 15 is 0 Å². The first-order valence-corrected chi connectivity index (χ1v) is 21.2. The molecule has 7 nitrogen and oxygen atoms in total. The second kappa shape index (κ2) is 16.1. The molecule has 0 aliphatic carbocycles. The highest BCUT2D eigenvalue weighted by Gasteiger charge is 2.50. The lowest BCUT2D eigenvalue weighted by Gasteiger charge is -2.44. The van der Waals surface area contributed by atoms with E-state index in [1.54, 1.807) is 12.2 Å². The lowest BCUT2D eigenvalue weighted by molar-refractivity contribution is -0.144. The first-order chi connectivity index (χ1) is 19.2. The van der Waals surface area contributed by atoms with Crippen molar-refractivity contribution >= 4 is 34.3 Å². The molecule has 1 heterocycles. The van der Waals surface area contributed by atoms with E-state index in [4.69, 9.17) is 13.6 Å². The van der Waals surface area contributed by atoms with Gasteiger partial charge in [-0.1, -0.05) is 75.3 Å². The summed E-state index contributed by atoms with van der Waals surface area (Å²) in [6.45, 7) is 29.9. The van der Waals surface area contributed by atoms with Gasteiger partial charge in [-0.3, -0.25) is 14.4 Å². The van der Waals surface area contributed by atoms with E-state index in [1.165, 1.54) is 0 Å². The van der Waals surface area contributed by atoms with Gasteiger partial charge in [0.2, 0.25) is 5.91 Å². The van der Waals surface area contributed by atoms with Gasteiger partial charge >= 0.3 is 0 Å². The van der Waals surface area contributed by atoms with Gasteiger partial charge in [-0.05, 0) is 73.4 Å². The average molecular weight is 626 g/mol. The second-order valence-electron chi connectivity index (χ2n) is 15.0. The second-order valence-corrected chi connectivity index (χ2v) is 25.1. The summed E-state index contributed by atoms with van der Waals surface area (Å²) in [5.41, 5.74) is 0.841. The van der Waals surface area contributed by atoms with Crippen LogP contribution in [0.2, 0.25) is 34.8 Å². The zero-order valence-electron chi connectivity index (χ0n) is 29.3. The van der Waals surface area contributed by atoms with Crippen molar-refractivity contribution in [1.29, 1.82) is 0 Å². The molecule has 5 atom stereocenters. The van der Waals surface area contributed by atoms with E-state index in [-0.39, 0.29) is 70.4 Å². The lowest BCUT2D eigenvalue weighted by atomic mass is 9.90. The quantitative estimate of drug-likeness (QED) is 0.147. The van der Waals surface area contributed by atoms with Crippen LogP contribution in [0, 0.1) is 11.8 Å². The van der Waals surface area contributed by atoms with Gasteiger partial charge in [-0.25, -0.2) is 0 Å². The van der Waals surface area contributed by atoms with Gasteiger partial charge in [0.25, 0.3) is 14.3 Å². The summed E-state index contributed by atoms with van der Waals surface area (Å²) in [5, 5.41) is 3.01. The van der Waals surface area contributed by atoms with Crippen molar-refractivity contribution in [3.63, 3.8) is 0 Å². The Bertz CT molecular complexity index is 902. The maximum Gasteiger partial charge on any atom is 0.298 e. The SMILES string of the molecule is C/C=C/C(=O)C[C@@H]1CC[C@@H](C)[C@H](CC(=O)NC[C@@H](O[Si](C)(C)C(C)(C)C)[C@@H](C)C(=O)O[Si](C(C)C)(C(C)C)C(C)C)O1. The van der Waals surface area contributed by atoms with Gasteiger partial charge in [0, 0.05) is 13.0 Å². The molecule has 244 valence electrons. The van der Waals surface area contributed by atoms with E-state index in [0.717, 1.165) is 12.8 Å². The number of ketones is 1. The van der Waals surface area contributed by atoms with Crippen LogP contribution in [-0.2, 0) is 28.0 Å². The molecule has 0 aromatic rings. The number of nitrogens with one attached hydrogen (secondary N) is 1. The molecule has 0 bridgehead atoms. The minimum absolute atomic E-state index is 0.0474. The summed E-state index contributed by atoms with van der Waals surface area (Å²) in [5.74, 6) is -0.626. The fourth-order valence-electron chi connectivity index (χ4n) is 6.08. The molecule has 1 N–H and O–H groups in total. The van der Waals surface area contributed by atoms with Gasteiger partial charge in [0.15, 0.2) is 14.1 Å². The standard InChI is InChI=1S/C33H63NO6Si2/c1-15-16-27(35)19-28-18-17-25(8)29(38-28)20-31(36)34-21-30(39-41(13,14)33(10,11)12)26(9)32(37)40-42(22(2)3,23(4)5)24(6)7/h15-16,22-26,28-30H,17-21H2,1-14H3,(H,34,36)/b16-15+/t25-,26-,28+,29+,30-/m1/s1. The lowest BCUT2D eigenvalue weighted by Crippen LogP contribution is -2.54. The molecule has 0 spiro atoms. The van der Waals surface area contributed by atoms with Crippen LogP contribution in [0.4, 0.5) is 0 Å². The van der Waals surface area contributed by atoms with Crippen molar-refractivity contribution in [2.24, 2.45) is 11.8 Å². The Morgan fingerprint density at radius 3 is 1.98 bits per heavy atom. The van der Waals surface area contributed by atoms with Crippen molar-refractivity contribution in [3.8, 4) is 0 Å². The molecule has 0 radical (unpaired) electrons. The predicted octanol–water partition coefficient (Wildman–Crippen LogP) is 7.96. The third-order valence-electron chi connectivity index (χ3n) is 9.78. The summed E-state index contributed by atoms with van der Waals surface area (Å²) in [4.78, 5) is 39.1. The van der Waals surface area contributed by atoms with Crippen molar-refractivity contribution in [2.75, 3.05) is 6.54 Å². The highest BCUT2D eigenvalue weighted by molar-refractivity contribution is 6.79. The highest BCUT2D eigenvalue weighted by atomic mass is 28.4. The van der Waals surface area contributed by atoms with Crippen LogP contribution >= 0.6 is 0 Å². The van der Waals surface area contributed by atoms with Crippen LogP contribution in [0.3, 0.4) is 0 Å². The van der Waals surface area contributed by atoms with Crippen molar-refractivity contribution in [3.05, 3.63) is 12.2 Å². The number of amides is 1. The van der Waals surface area contributed by atoms with Gasteiger partial charge < -0.3 is 18.9 Å². The molecule has 1 aliphatic heterocycles. The van der Waals surface area contributed by atoms with E-state index in [1.807, 2.05) is 13.8 Å². The molecule has 1 saturated heterocycles. The number of allylic oxidation sites excluding steroid dienone is 2. The molecule has 0 unspecified atom stereocenters. The Balaban J connectivity index is 3.09. The molecule has 0 saturated carbocycles. The van der Waals surface area contributed by atoms with Crippen LogP contribution in [0.5, 0.6) is 0 Å². The van der Waals surface area contributed by atoms with Crippen LogP contribution in [0.15, 0.2) is 12.2 Å². The summed E-state index contributed by atoms with van der Waals surface area (Å²) in [6.07, 6.45) is 4.69. The van der Waals surface area contributed by atoms with Crippen LogP contribution in [-0.4, -0.2) is 59.2 Å². The molecule has 9 heteroatoms. The van der Waals surface area contributed by atoms with E-state index < -0.39 is 28.7 Å². The Hall–Kier alpha value is -1.30. The molecule has 1 aliphatic rings. The molecule has 0 aromatic carbocycles. The fraction of sp³-hybridized carbons (Fsp3) is 0.848. The maximum absolute atomic E-state index is 13.8. The zero-order chi connectivity index (χ0) is 32.6. The molecule has 1 amide bonds. The summed E-state index contributed by atoms with van der Waals surface area (Å²) in [6, 6.07) is 0. The van der Waals surface area contributed by atoms with Crippen molar-refractivity contribution in [1.82, 2.24) is 5.32 Å². The topological polar surface area (TPSA) is 90.9 Å². The van der Waals surface area contributed by atoms with E-state index in [9.17, 15) is 14.4 Å². The molecule has 1 fully saturated rings. The Labute approximate surface area is 259 Å². The Morgan fingerprint density at radius 1 is 0.952 bits per heavy atom. The molecule has 42 heavy (non-hydrogen) atoms. The summed E-state index contributed by atoms with van der Waals surface area (Å²) < 4.78 is 19.5. The number of rotatable bonds is 15. The number of hydrogen-bond acceptors (Lipinski definition) is 6. The maximum atomic E-state index is 13.8. The zero-order valence-corrected chi connectivity index (χ0v) is 31.3. The Kier molecular flexibility index (Phi) is 14.9. The predicted molar refractivity (Wildman–Crippen MR) is 177 cm³/mol. The largest absolute Gasteiger partial charge is 0.518 e. The van der Waals surface area contributed by atoms with E-state index in [0.29, 0.717) is 6.42 Å². The van der Waals surface area contributed by atoms with Crippen LogP contribution in [0.1, 0.15) is 109 Å².